The van der Waals surface area contributed by atoms with Gasteiger partial charge in [-0.3, -0.25) is 0 Å². The van der Waals surface area contributed by atoms with Crippen LogP contribution in [-0.4, -0.2) is 19.6 Å². The topological polar surface area (TPSA) is 146 Å². The van der Waals surface area contributed by atoms with Crippen LogP contribution < -0.4 is 0 Å². The molecule has 0 aromatic carbocycles. The molecular weight excluding hydrogens is 234 g/mol. The number of hydrogen-bond donors (Lipinski definition) is 0. The highest BCUT2D eigenvalue weighted by atomic mass is 15.1. The molecule has 1 saturated carbocycles. The zero-order valence-electron chi connectivity index (χ0n) is 10.00. The van der Waals surface area contributed by atoms with Crippen molar-refractivity contribution in [2.24, 2.45) is 33.1 Å². The molecule has 0 heterocycles. The SMILES string of the molecule is [N-]=[N+]=NCC1CC(CN=[N+]=[N-])CC(CN=[N+]=[N-])C1. The highest BCUT2D eigenvalue weighted by molar-refractivity contribution is 4.82. The fourth-order valence-corrected chi connectivity index (χ4v) is 2.61. The van der Waals surface area contributed by atoms with Crippen LogP contribution >= 0.6 is 0 Å². The lowest BCUT2D eigenvalue weighted by Gasteiger charge is -2.33. The highest BCUT2D eigenvalue weighted by Crippen LogP contribution is 2.34. The lowest BCUT2D eigenvalue weighted by atomic mass is 9.75. The molecule has 96 valence electrons. The zero-order valence-corrected chi connectivity index (χ0v) is 10.00. The van der Waals surface area contributed by atoms with E-state index in [-0.39, 0.29) is 17.8 Å². The molecule has 0 saturated heterocycles. The maximum Gasteiger partial charge on any atom is 0.0286 e. The molecule has 9 heteroatoms. The monoisotopic (exact) mass is 249 g/mol. The molecule has 0 unspecified atom stereocenters. The van der Waals surface area contributed by atoms with Crippen LogP contribution in [0, 0.1) is 17.8 Å². The van der Waals surface area contributed by atoms with Gasteiger partial charge < -0.3 is 0 Å². The van der Waals surface area contributed by atoms with Gasteiger partial charge in [0.25, 0.3) is 0 Å². The van der Waals surface area contributed by atoms with Crippen molar-refractivity contribution in [1.29, 1.82) is 0 Å². The largest absolute Gasteiger partial charge is 0.0937 e. The van der Waals surface area contributed by atoms with E-state index in [0.29, 0.717) is 19.6 Å². The lowest BCUT2D eigenvalue weighted by Crippen LogP contribution is -2.27. The molecule has 1 rings (SSSR count). The molecule has 9 nitrogen and oxygen atoms in total. The summed E-state index contributed by atoms with van der Waals surface area (Å²) in [6, 6.07) is 0. The van der Waals surface area contributed by atoms with Gasteiger partial charge in [0.1, 0.15) is 0 Å². The number of nitrogens with zero attached hydrogens (tertiary/aromatic N) is 9. The fourth-order valence-electron chi connectivity index (χ4n) is 2.61. The Morgan fingerprint density at radius 1 is 0.667 bits per heavy atom. The van der Waals surface area contributed by atoms with Crippen molar-refractivity contribution in [1.82, 2.24) is 0 Å². The van der Waals surface area contributed by atoms with E-state index < -0.39 is 0 Å². The fraction of sp³-hybridized carbons (Fsp3) is 1.00. The Labute approximate surface area is 104 Å². The first-order valence-corrected chi connectivity index (χ1v) is 5.82. The van der Waals surface area contributed by atoms with Crippen molar-refractivity contribution in [2.45, 2.75) is 19.3 Å². The summed E-state index contributed by atoms with van der Waals surface area (Å²) in [7, 11) is 0. The minimum absolute atomic E-state index is 0.285. The summed E-state index contributed by atoms with van der Waals surface area (Å²) < 4.78 is 0. The summed E-state index contributed by atoms with van der Waals surface area (Å²) in [6.45, 7) is 1.36. The summed E-state index contributed by atoms with van der Waals surface area (Å²) in [5.74, 6) is 0.854. The maximum absolute atomic E-state index is 8.34. The van der Waals surface area contributed by atoms with Gasteiger partial charge in [0.2, 0.25) is 0 Å². The first-order chi connectivity index (χ1) is 8.80. The summed E-state index contributed by atoms with van der Waals surface area (Å²) in [5, 5.41) is 10.8. The Kier molecular flexibility index (Phi) is 6.28. The van der Waals surface area contributed by atoms with Crippen LogP contribution in [0.4, 0.5) is 0 Å². The van der Waals surface area contributed by atoms with Crippen molar-refractivity contribution in [3.63, 3.8) is 0 Å². The normalized spacial score (nSPS) is 26.3. The van der Waals surface area contributed by atoms with Crippen molar-refractivity contribution < 1.29 is 0 Å². The summed E-state index contributed by atoms with van der Waals surface area (Å²) in [4.78, 5) is 8.30. The molecule has 0 N–H and O–H groups in total. The Morgan fingerprint density at radius 2 is 0.944 bits per heavy atom. The van der Waals surface area contributed by atoms with Crippen LogP contribution in [-0.2, 0) is 0 Å². The summed E-state index contributed by atoms with van der Waals surface area (Å²) in [5.41, 5.74) is 25.0. The average molecular weight is 249 g/mol. The van der Waals surface area contributed by atoms with Gasteiger partial charge in [-0.25, -0.2) is 0 Å². The van der Waals surface area contributed by atoms with Crippen LogP contribution in [0.1, 0.15) is 19.3 Å². The van der Waals surface area contributed by atoms with Gasteiger partial charge in [0, 0.05) is 34.4 Å². The van der Waals surface area contributed by atoms with Crippen LogP contribution in [0.3, 0.4) is 0 Å². The second-order valence-electron chi connectivity index (χ2n) is 4.55. The summed E-state index contributed by atoms with van der Waals surface area (Å²) >= 11 is 0. The standard InChI is InChI=1S/C9H15N9/c10-16-13-4-7-1-8(5-14-17-11)3-9(2-7)6-15-18-12/h7-9H,1-6H2. The molecule has 18 heavy (non-hydrogen) atoms. The predicted molar refractivity (Wildman–Crippen MR) is 66.4 cm³/mol. The molecule has 1 aliphatic rings. The average Bonchev–Trinajstić information content (AvgIpc) is 2.40. The van der Waals surface area contributed by atoms with Gasteiger partial charge in [-0.05, 0) is 53.6 Å². The Hall–Kier alpha value is -2.07. The first-order valence-electron chi connectivity index (χ1n) is 5.82. The first kappa shape index (κ1) is 14.0. The van der Waals surface area contributed by atoms with E-state index in [4.69, 9.17) is 16.6 Å². The van der Waals surface area contributed by atoms with Crippen molar-refractivity contribution in [2.75, 3.05) is 19.6 Å². The Morgan fingerprint density at radius 3 is 1.17 bits per heavy atom. The molecule has 1 aliphatic carbocycles. The van der Waals surface area contributed by atoms with Gasteiger partial charge in [-0.15, -0.1) is 0 Å². The second-order valence-corrected chi connectivity index (χ2v) is 4.55. The molecule has 0 radical (unpaired) electrons. The zero-order chi connectivity index (χ0) is 13.2. The van der Waals surface area contributed by atoms with Gasteiger partial charge in [0.05, 0.1) is 0 Å². The Balaban J connectivity index is 2.60. The minimum Gasteiger partial charge on any atom is -0.0937 e. The van der Waals surface area contributed by atoms with Crippen LogP contribution in [0.5, 0.6) is 0 Å². The van der Waals surface area contributed by atoms with Crippen molar-refractivity contribution in [3.05, 3.63) is 31.3 Å². The third-order valence-corrected chi connectivity index (χ3v) is 3.21. The minimum atomic E-state index is 0.285. The highest BCUT2D eigenvalue weighted by Gasteiger charge is 2.27. The van der Waals surface area contributed by atoms with Crippen LogP contribution in [0.15, 0.2) is 15.3 Å². The van der Waals surface area contributed by atoms with Gasteiger partial charge in [0.15, 0.2) is 0 Å². The van der Waals surface area contributed by atoms with E-state index in [0.717, 1.165) is 19.3 Å². The molecular formula is C9H15N9. The second kappa shape index (κ2) is 8.08. The lowest BCUT2D eigenvalue weighted by molar-refractivity contribution is 0.207. The third kappa shape index (κ3) is 4.84. The molecule has 1 fully saturated rings. The van der Waals surface area contributed by atoms with Crippen LogP contribution in [0.25, 0.3) is 31.3 Å². The smallest absolute Gasteiger partial charge is 0.0286 e. The maximum atomic E-state index is 8.34. The van der Waals surface area contributed by atoms with Crippen LogP contribution in [0.2, 0.25) is 0 Å². The molecule has 0 bridgehead atoms. The number of hydrogen-bond acceptors (Lipinski definition) is 3. The van der Waals surface area contributed by atoms with Crippen molar-refractivity contribution >= 4 is 0 Å². The van der Waals surface area contributed by atoms with E-state index >= 15 is 0 Å². The van der Waals surface area contributed by atoms with E-state index in [1.54, 1.807) is 0 Å². The summed E-state index contributed by atoms with van der Waals surface area (Å²) in [6.07, 6.45) is 2.68. The third-order valence-electron chi connectivity index (χ3n) is 3.21. The van der Waals surface area contributed by atoms with Gasteiger partial charge in [-0.1, -0.05) is 15.3 Å². The van der Waals surface area contributed by atoms with E-state index in [2.05, 4.69) is 30.1 Å². The van der Waals surface area contributed by atoms with E-state index in [1.807, 2.05) is 0 Å². The quantitative estimate of drug-likeness (QED) is 0.381. The van der Waals surface area contributed by atoms with E-state index in [1.165, 1.54) is 0 Å². The molecule has 0 aromatic rings. The molecule has 0 aromatic heterocycles. The number of azide groups is 3. The van der Waals surface area contributed by atoms with E-state index in [9.17, 15) is 0 Å². The van der Waals surface area contributed by atoms with Gasteiger partial charge >= 0.3 is 0 Å². The Bertz CT molecular complexity index is 332. The molecule has 0 aliphatic heterocycles. The molecule has 0 amide bonds. The van der Waals surface area contributed by atoms with Gasteiger partial charge in [-0.2, -0.15) is 0 Å². The van der Waals surface area contributed by atoms with Crippen molar-refractivity contribution in [3.8, 4) is 0 Å². The number of rotatable bonds is 6. The molecule has 0 atom stereocenters. The predicted octanol–water partition coefficient (Wildman–Crippen LogP) is 3.95. The molecule has 0 spiro atoms.